The minimum atomic E-state index is -1.06. The fraction of sp³-hybridized carbons (Fsp3) is 0.382. The molecular weight excluding hydrogens is 998 g/mol. The summed E-state index contributed by atoms with van der Waals surface area (Å²) in [6.45, 7) is 15.4. The van der Waals surface area contributed by atoms with Gasteiger partial charge in [0.05, 0.1) is 40.4 Å². The van der Waals surface area contributed by atoms with E-state index in [1.165, 1.54) is 4.90 Å². The van der Waals surface area contributed by atoms with E-state index in [9.17, 15) is 24.3 Å². The van der Waals surface area contributed by atoms with Crippen molar-refractivity contribution >= 4 is 74.6 Å². The lowest BCUT2D eigenvalue weighted by Gasteiger charge is -2.36. The van der Waals surface area contributed by atoms with E-state index in [0.29, 0.717) is 40.4 Å². The molecule has 0 spiro atoms. The first-order chi connectivity index (χ1) is 35.3. The zero-order valence-corrected chi connectivity index (χ0v) is 44.7. The number of aliphatic hydroxyl groups excluding tert-OH is 1. The van der Waals surface area contributed by atoms with E-state index >= 15 is 0 Å². The molecule has 1 aliphatic carbocycles. The number of rotatable bonds is 13. The zero-order chi connectivity index (χ0) is 52.3. The van der Waals surface area contributed by atoms with Gasteiger partial charge in [-0.15, -0.1) is 32.9 Å². The van der Waals surface area contributed by atoms with Crippen molar-refractivity contribution in [3.8, 4) is 21.2 Å². The van der Waals surface area contributed by atoms with Crippen molar-refractivity contribution in [2.75, 3.05) is 6.54 Å². The van der Waals surface area contributed by atoms with Crippen LogP contribution in [0.4, 0.5) is 0 Å². The number of thiazole rings is 1. The van der Waals surface area contributed by atoms with Crippen LogP contribution in [0.15, 0.2) is 87.7 Å². The second-order valence-electron chi connectivity index (χ2n) is 20.7. The van der Waals surface area contributed by atoms with Crippen molar-refractivity contribution in [2.45, 2.75) is 123 Å². The highest BCUT2D eigenvalue weighted by Crippen LogP contribution is 2.40. The van der Waals surface area contributed by atoms with Gasteiger partial charge in [-0.3, -0.25) is 28.7 Å². The number of aryl methyl sites for hydroxylation is 3. The molecule has 0 bridgehead atoms. The number of benzene rings is 3. The summed E-state index contributed by atoms with van der Waals surface area (Å²) in [4.78, 5) is 69.0. The van der Waals surface area contributed by atoms with Crippen molar-refractivity contribution < 1.29 is 33.4 Å². The minimum absolute atomic E-state index is 0.000667. The normalized spacial score (nSPS) is 20.2. The van der Waals surface area contributed by atoms with Gasteiger partial charge in [0.15, 0.2) is 11.6 Å². The van der Waals surface area contributed by atoms with Crippen molar-refractivity contribution in [3.63, 3.8) is 0 Å². The van der Waals surface area contributed by atoms with Crippen LogP contribution in [0, 0.1) is 33.1 Å². The van der Waals surface area contributed by atoms with Crippen LogP contribution in [0.1, 0.15) is 120 Å². The first kappa shape index (κ1) is 50.8. The van der Waals surface area contributed by atoms with E-state index in [-0.39, 0.29) is 49.2 Å². The molecule has 74 heavy (non-hydrogen) atoms. The number of halogens is 1. The summed E-state index contributed by atoms with van der Waals surface area (Å²) in [5.41, 5.74) is 8.16. The number of hydrogen-bond acceptors (Lipinski definition) is 13. The SMILES string of the molecule is Cc1ncsc1-c1ccc([C@H](C)NC(=O)[C@H]2C[C@H](O)CN2C(=O)C(NC(=O)c2cc3cc(OC4CC(NC(=O)C[C@@H]5N=C(c6ccc(Cl)cc6)c6c(sc(C)c6C)-n6c(C)nnc65)C4)ccc3o2)C(C)(C)C)cc1. The molecule has 2 aliphatic heterocycles. The quantitative estimate of drug-likeness (QED) is 0.0862. The maximum Gasteiger partial charge on any atom is 0.287 e. The van der Waals surface area contributed by atoms with E-state index < -0.39 is 47.4 Å². The Morgan fingerprint density at radius 2 is 1.66 bits per heavy atom. The number of nitrogens with zero attached hydrogens (tertiary/aromatic N) is 6. The highest BCUT2D eigenvalue weighted by atomic mass is 35.5. The number of β-amino-alcohol motifs (C(OH)–C–C–N with tert-alkyl or cyclic N) is 1. The molecule has 16 nitrogen and oxygen atoms in total. The fourth-order valence-electron chi connectivity index (χ4n) is 9.99. The Hall–Kier alpha value is -6.73. The summed E-state index contributed by atoms with van der Waals surface area (Å²) < 4.78 is 14.4. The third-order valence-electron chi connectivity index (χ3n) is 14.2. The number of hydrogen-bond donors (Lipinski definition) is 4. The molecular formula is C55H58ClN9O7S2. The van der Waals surface area contributed by atoms with Crippen molar-refractivity contribution in [2.24, 2.45) is 10.4 Å². The summed E-state index contributed by atoms with van der Waals surface area (Å²) in [5.74, 6) is 0.276. The molecule has 1 saturated heterocycles. The van der Waals surface area contributed by atoms with Gasteiger partial charge in [0, 0.05) is 58.3 Å². The number of thiophene rings is 1. The van der Waals surface area contributed by atoms with Gasteiger partial charge in [-0.1, -0.05) is 68.8 Å². The number of ether oxygens (including phenoxy) is 1. The number of aliphatic hydroxyl groups is 1. The second kappa shape index (κ2) is 20.2. The minimum Gasteiger partial charge on any atom is -0.490 e. The summed E-state index contributed by atoms with van der Waals surface area (Å²) in [5, 5.41) is 31.1. The van der Waals surface area contributed by atoms with Gasteiger partial charge in [0.25, 0.3) is 5.91 Å². The Labute approximate surface area is 441 Å². The Kier molecular flexibility index (Phi) is 13.9. The standard InChI is InChI=1S/C55H58ClN9O7S2/c1-27-30(4)74-54-46(27)47(33-13-15-36(56)16-14-33)60-41(50-63-62-31(5)65(50)54)24-45(67)59-37-21-40(22-37)71-39-17-18-43-35(19-39)20-44(72-43)52(69)61-49(55(6,7)8)53(70)64-25-38(66)23-42(64)51(68)58-28(2)32-9-11-34(12-10-32)48-29(3)57-26-73-48/h9-20,26,28,37-38,40-42,49,66H,21-25H2,1-8H3,(H,58,68)(H,59,67)(H,61,69)/t28-,37?,38-,40?,41-,42+,49?/m0/s1. The van der Waals surface area contributed by atoms with Crippen LogP contribution in [0.25, 0.3) is 26.4 Å². The lowest BCUT2D eigenvalue weighted by Crippen LogP contribution is -2.57. The number of amides is 4. The van der Waals surface area contributed by atoms with Gasteiger partial charge in [0.1, 0.15) is 46.4 Å². The molecule has 2 fully saturated rings. The maximum absolute atomic E-state index is 14.4. The smallest absolute Gasteiger partial charge is 0.287 e. The predicted octanol–water partition coefficient (Wildman–Crippen LogP) is 9.08. The summed E-state index contributed by atoms with van der Waals surface area (Å²) in [6, 6.07) is 19.3. The van der Waals surface area contributed by atoms with Crippen LogP contribution in [-0.2, 0) is 14.4 Å². The Bertz CT molecular complexity index is 3330. The van der Waals surface area contributed by atoms with Crippen LogP contribution >= 0.6 is 34.3 Å². The molecule has 5 atom stereocenters. The van der Waals surface area contributed by atoms with E-state index in [4.69, 9.17) is 25.7 Å². The molecule has 1 unspecified atom stereocenters. The number of carbonyl (C=O) groups excluding carboxylic acids is 4. The van der Waals surface area contributed by atoms with Crippen LogP contribution in [-0.4, -0.2) is 96.0 Å². The average molecular weight is 1060 g/mol. The van der Waals surface area contributed by atoms with Gasteiger partial charge in [-0.25, -0.2) is 4.98 Å². The number of likely N-dealkylation sites (tertiary alicyclic amines) is 1. The number of aromatic nitrogens is 4. The van der Waals surface area contributed by atoms with Gasteiger partial charge in [-0.2, -0.15) is 0 Å². The van der Waals surface area contributed by atoms with Crippen LogP contribution in [0.2, 0.25) is 5.02 Å². The molecule has 4 aromatic heterocycles. The van der Waals surface area contributed by atoms with Crippen molar-refractivity contribution in [1.29, 1.82) is 0 Å². The Balaban J connectivity index is 0.754. The van der Waals surface area contributed by atoms with Gasteiger partial charge < -0.3 is 35.1 Å². The van der Waals surface area contributed by atoms with Crippen molar-refractivity contribution in [3.05, 3.63) is 134 Å². The molecule has 7 aromatic rings. The van der Waals surface area contributed by atoms with Gasteiger partial charge >= 0.3 is 0 Å². The lowest BCUT2D eigenvalue weighted by molar-refractivity contribution is -0.142. The maximum atomic E-state index is 14.4. The Morgan fingerprint density at radius 3 is 2.36 bits per heavy atom. The van der Waals surface area contributed by atoms with Crippen molar-refractivity contribution in [1.82, 2.24) is 40.6 Å². The molecule has 6 heterocycles. The van der Waals surface area contributed by atoms with Crippen LogP contribution in [0.5, 0.6) is 5.75 Å². The highest BCUT2D eigenvalue weighted by molar-refractivity contribution is 7.15. The second-order valence-corrected chi connectivity index (χ2v) is 23.2. The molecule has 10 rings (SSSR count). The van der Waals surface area contributed by atoms with Gasteiger partial charge in [-0.05, 0) is 93.1 Å². The molecule has 0 radical (unpaired) electrons. The number of furan rings is 1. The number of fused-ring (bicyclic) bond motifs is 4. The lowest BCUT2D eigenvalue weighted by atomic mass is 9.85. The first-order valence-electron chi connectivity index (χ1n) is 24.8. The molecule has 384 valence electrons. The van der Waals surface area contributed by atoms with Gasteiger partial charge in [0.2, 0.25) is 17.7 Å². The molecule has 4 amide bonds. The van der Waals surface area contributed by atoms with E-state index in [1.54, 1.807) is 46.9 Å². The average Bonchev–Trinajstić information content (AvgIpc) is 4.19. The molecule has 1 saturated carbocycles. The summed E-state index contributed by atoms with van der Waals surface area (Å²) in [6.07, 6.45) is 0.255. The number of nitrogens with one attached hydrogen (secondary N) is 3. The number of carbonyl (C=O) groups is 4. The van der Waals surface area contributed by atoms with E-state index in [2.05, 4.69) is 45.0 Å². The first-order valence-corrected chi connectivity index (χ1v) is 26.8. The van der Waals surface area contributed by atoms with Crippen LogP contribution < -0.4 is 20.7 Å². The third-order valence-corrected chi connectivity index (χ3v) is 16.7. The number of aliphatic imine (C=N–C) groups is 1. The summed E-state index contributed by atoms with van der Waals surface area (Å²) in [7, 11) is 0. The molecule has 3 aliphatic rings. The predicted molar refractivity (Wildman–Crippen MR) is 285 cm³/mol. The highest BCUT2D eigenvalue weighted by Gasteiger charge is 2.45. The third kappa shape index (κ3) is 10.1. The van der Waals surface area contributed by atoms with E-state index in [1.807, 2.05) is 100 Å². The largest absolute Gasteiger partial charge is 0.490 e. The molecule has 4 N–H and O–H groups in total. The Morgan fingerprint density at radius 1 is 0.932 bits per heavy atom. The monoisotopic (exact) mass is 1060 g/mol. The summed E-state index contributed by atoms with van der Waals surface area (Å²) >= 11 is 9.51. The van der Waals surface area contributed by atoms with E-state index in [0.717, 1.165) is 59.8 Å². The molecule has 19 heteroatoms. The topological polar surface area (TPSA) is 206 Å². The molecule has 3 aromatic carbocycles. The van der Waals surface area contributed by atoms with Crippen LogP contribution in [0.3, 0.4) is 0 Å². The fourth-order valence-corrected chi connectivity index (χ4v) is 12.1. The zero-order valence-electron chi connectivity index (χ0n) is 42.4.